The molecule has 2 aliphatic rings. The van der Waals surface area contributed by atoms with Crippen LogP contribution >= 0.6 is 11.6 Å². The number of hydrogen-bond acceptors (Lipinski definition) is 8. The average molecular weight is 637 g/mol. The van der Waals surface area contributed by atoms with Gasteiger partial charge in [-0.1, -0.05) is 18.5 Å². The Bertz CT molecular complexity index is 1370. The summed E-state index contributed by atoms with van der Waals surface area (Å²) in [6.07, 6.45) is -0.309. The zero-order valence-electron chi connectivity index (χ0n) is 24.9. The fourth-order valence-corrected chi connectivity index (χ4v) is 6.48. The third kappa shape index (κ3) is 8.68. The molecule has 4 rings (SSSR count). The summed E-state index contributed by atoms with van der Waals surface area (Å²) >= 11 is 5.96. The SMILES string of the molecule is C[C@@H]1CN([C@@H](C)CO)C(=O)Cc2cc(NC(=O)CCN3CCOCC3)ccc2O[C@@H]1CN(C)S(=O)(=O)c1ccc(Cl)cc1. The lowest BCUT2D eigenvalue weighted by Gasteiger charge is -2.33. The molecule has 1 saturated heterocycles. The number of carbonyl (C=O) groups excluding carboxylic acids is 2. The maximum atomic E-state index is 13.5. The van der Waals surface area contributed by atoms with Crippen molar-refractivity contribution >= 4 is 39.1 Å². The zero-order chi connectivity index (χ0) is 31.1. The van der Waals surface area contributed by atoms with Crippen molar-refractivity contribution in [1.82, 2.24) is 14.1 Å². The third-order valence-electron chi connectivity index (χ3n) is 7.92. The van der Waals surface area contributed by atoms with Crippen molar-refractivity contribution in [3.8, 4) is 5.75 Å². The van der Waals surface area contributed by atoms with Crippen LogP contribution in [0.2, 0.25) is 5.02 Å². The van der Waals surface area contributed by atoms with Crippen LogP contribution in [0, 0.1) is 5.92 Å². The number of amides is 2. The molecule has 2 N–H and O–H groups in total. The van der Waals surface area contributed by atoms with Crippen molar-refractivity contribution < 1.29 is 32.6 Å². The van der Waals surface area contributed by atoms with E-state index >= 15 is 0 Å². The summed E-state index contributed by atoms with van der Waals surface area (Å²) in [5, 5.41) is 13.2. The molecule has 2 aromatic carbocycles. The van der Waals surface area contributed by atoms with E-state index < -0.39 is 22.2 Å². The molecule has 13 heteroatoms. The number of aliphatic hydroxyl groups excluding tert-OH is 1. The number of carbonyl (C=O) groups is 2. The number of morpholine rings is 1. The van der Waals surface area contributed by atoms with E-state index in [1.54, 1.807) is 30.0 Å². The van der Waals surface area contributed by atoms with Crippen molar-refractivity contribution in [3.63, 3.8) is 0 Å². The number of anilines is 1. The summed E-state index contributed by atoms with van der Waals surface area (Å²) in [5.41, 5.74) is 1.10. The summed E-state index contributed by atoms with van der Waals surface area (Å²) in [5.74, 6) is -0.187. The van der Waals surface area contributed by atoms with Crippen LogP contribution in [-0.4, -0.2) is 111 Å². The first kappa shape index (κ1) is 33.2. The molecular formula is C30H41ClN4O7S. The minimum atomic E-state index is -3.85. The number of rotatable bonds is 10. The van der Waals surface area contributed by atoms with E-state index in [2.05, 4.69) is 10.2 Å². The first-order chi connectivity index (χ1) is 20.5. The summed E-state index contributed by atoms with van der Waals surface area (Å²) in [6, 6.07) is 10.7. The van der Waals surface area contributed by atoms with Gasteiger partial charge in [0.05, 0.1) is 43.7 Å². The van der Waals surface area contributed by atoms with Crippen LogP contribution in [0.1, 0.15) is 25.8 Å². The van der Waals surface area contributed by atoms with Gasteiger partial charge in [0.2, 0.25) is 21.8 Å². The van der Waals surface area contributed by atoms with Crippen molar-refractivity contribution in [1.29, 1.82) is 0 Å². The Balaban J connectivity index is 1.56. The van der Waals surface area contributed by atoms with Crippen molar-refractivity contribution in [3.05, 3.63) is 53.1 Å². The number of sulfonamides is 1. The highest BCUT2D eigenvalue weighted by atomic mass is 35.5. The first-order valence-corrected chi connectivity index (χ1v) is 16.3. The maximum Gasteiger partial charge on any atom is 0.242 e. The van der Waals surface area contributed by atoms with Crippen molar-refractivity contribution in [2.24, 2.45) is 5.92 Å². The summed E-state index contributed by atoms with van der Waals surface area (Å²) < 4.78 is 39.7. The molecule has 0 aliphatic carbocycles. The highest BCUT2D eigenvalue weighted by Crippen LogP contribution is 2.30. The number of aliphatic hydroxyl groups is 1. The van der Waals surface area contributed by atoms with Gasteiger partial charge in [-0.15, -0.1) is 0 Å². The molecule has 236 valence electrons. The number of likely N-dealkylation sites (N-methyl/N-ethyl adjacent to an activating group) is 1. The highest BCUT2D eigenvalue weighted by Gasteiger charge is 2.33. The summed E-state index contributed by atoms with van der Waals surface area (Å²) in [6.45, 7) is 7.26. The van der Waals surface area contributed by atoms with Crippen LogP contribution in [0.3, 0.4) is 0 Å². The molecule has 0 bridgehead atoms. The first-order valence-electron chi connectivity index (χ1n) is 14.5. The number of nitrogens with one attached hydrogen (secondary N) is 1. The van der Waals surface area contributed by atoms with Gasteiger partial charge in [-0.3, -0.25) is 14.5 Å². The minimum Gasteiger partial charge on any atom is -0.488 e. The van der Waals surface area contributed by atoms with Crippen molar-refractivity contribution in [2.75, 3.05) is 64.9 Å². The molecule has 2 aliphatic heterocycles. The Morgan fingerprint density at radius 2 is 1.88 bits per heavy atom. The smallest absolute Gasteiger partial charge is 0.242 e. The third-order valence-corrected chi connectivity index (χ3v) is 10.0. The second-order valence-corrected chi connectivity index (χ2v) is 13.7. The number of ether oxygens (including phenoxy) is 2. The van der Waals surface area contributed by atoms with Crippen LogP contribution in [-0.2, 0) is 30.8 Å². The normalized spacial score (nSPS) is 20.9. The predicted octanol–water partition coefficient (Wildman–Crippen LogP) is 2.47. The Hall–Kier alpha value is -2.74. The quantitative estimate of drug-likeness (QED) is 0.407. The topological polar surface area (TPSA) is 129 Å². The fraction of sp³-hybridized carbons (Fsp3) is 0.533. The zero-order valence-corrected chi connectivity index (χ0v) is 26.4. The average Bonchev–Trinajstić information content (AvgIpc) is 3.03. The van der Waals surface area contributed by atoms with Gasteiger partial charge in [-0.25, -0.2) is 8.42 Å². The van der Waals surface area contributed by atoms with E-state index in [-0.39, 0.29) is 48.7 Å². The fourth-order valence-electron chi connectivity index (χ4n) is 5.17. The van der Waals surface area contributed by atoms with Gasteiger partial charge in [0.25, 0.3) is 0 Å². The van der Waals surface area contributed by atoms with Gasteiger partial charge in [-0.05, 0) is 49.4 Å². The van der Waals surface area contributed by atoms with Gasteiger partial charge in [-0.2, -0.15) is 4.31 Å². The Morgan fingerprint density at radius 1 is 1.19 bits per heavy atom. The van der Waals surface area contributed by atoms with Gasteiger partial charge >= 0.3 is 0 Å². The molecular weight excluding hydrogens is 596 g/mol. The standard InChI is InChI=1S/C30H41ClN4O7S/c1-21-18-35(22(2)20-36)30(38)17-23-16-25(32-29(37)10-11-34-12-14-41-15-13-34)6-9-27(23)42-28(21)19-33(3)43(39,40)26-7-4-24(31)5-8-26/h4-9,16,21-22,28,36H,10-15,17-20H2,1-3H3,(H,32,37)/t21-,22+,28-/m1/s1. The van der Waals surface area contributed by atoms with Crippen LogP contribution < -0.4 is 10.1 Å². The number of halogens is 1. The van der Waals surface area contributed by atoms with Gasteiger partial charge < -0.3 is 24.8 Å². The Morgan fingerprint density at radius 3 is 2.56 bits per heavy atom. The molecule has 2 aromatic rings. The largest absolute Gasteiger partial charge is 0.488 e. The molecule has 0 aromatic heterocycles. The van der Waals surface area contributed by atoms with E-state index in [0.717, 1.165) is 13.1 Å². The van der Waals surface area contributed by atoms with Crippen LogP contribution in [0.4, 0.5) is 5.69 Å². The monoisotopic (exact) mass is 636 g/mol. The second-order valence-electron chi connectivity index (χ2n) is 11.2. The maximum absolute atomic E-state index is 13.5. The minimum absolute atomic E-state index is 0.00445. The number of nitrogens with zero attached hydrogens (tertiary/aromatic N) is 3. The molecule has 2 amide bonds. The summed E-state index contributed by atoms with van der Waals surface area (Å²) in [4.78, 5) is 30.1. The molecule has 0 radical (unpaired) electrons. The second kappa shape index (κ2) is 14.8. The van der Waals surface area contributed by atoms with Crippen LogP contribution in [0.25, 0.3) is 0 Å². The van der Waals surface area contributed by atoms with Gasteiger partial charge in [0.1, 0.15) is 11.9 Å². The van der Waals surface area contributed by atoms with Crippen LogP contribution in [0.15, 0.2) is 47.4 Å². The number of fused-ring (bicyclic) bond motifs is 1. The van der Waals surface area contributed by atoms with E-state index in [9.17, 15) is 23.1 Å². The Labute approximate surface area is 258 Å². The highest BCUT2D eigenvalue weighted by molar-refractivity contribution is 7.89. The van der Waals surface area contributed by atoms with Gasteiger partial charge in [0.15, 0.2) is 0 Å². The van der Waals surface area contributed by atoms with E-state index in [4.69, 9.17) is 21.1 Å². The molecule has 43 heavy (non-hydrogen) atoms. The molecule has 0 spiro atoms. The number of benzene rings is 2. The van der Waals surface area contributed by atoms with E-state index in [0.29, 0.717) is 48.2 Å². The molecule has 0 saturated carbocycles. The molecule has 0 unspecified atom stereocenters. The Kier molecular flexibility index (Phi) is 11.4. The summed E-state index contributed by atoms with van der Waals surface area (Å²) in [7, 11) is -2.36. The van der Waals surface area contributed by atoms with Crippen LogP contribution in [0.5, 0.6) is 5.75 Å². The number of hydrogen-bond donors (Lipinski definition) is 2. The predicted molar refractivity (Wildman–Crippen MR) is 164 cm³/mol. The molecule has 11 nitrogen and oxygen atoms in total. The van der Waals surface area contributed by atoms with Gasteiger partial charge in [0, 0.05) is 61.8 Å². The van der Waals surface area contributed by atoms with E-state index in [1.165, 1.54) is 35.6 Å². The van der Waals surface area contributed by atoms with Crippen molar-refractivity contribution in [2.45, 2.75) is 43.7 Å². The molecule has 1 fully saturated rings. The lowest BCUT2D eigenvalue weighted by atomic mass is 10.0. The molecule has 2 heterocycles. The lowest BCUT2D eigenvalue weighted by Crippen LogP contribution is -2.48. The van der Waals surface area contributed by atoms with E-state index in [1.807, 2.05) is 6.92 Å². The lowest BCUT2D eigenvalue weighted by molar-refractivity contribution is -0.134. The molecule has 3 atom stereocenters.